The molecule has 2 heteroatoms. The molecule has 4 fully saturated rings. The Hall–Kier alpha value is -0.0800. The maximum absolute atomic E-state index is 6.72. The molecular formula is C20H34O2. The molecule has 0 aromatic heterocycles. The van der Waals surface area contributed by atoms with Crippen LogP contribution in [-0.4, -0.2) is 17.5 Å². The van der Waals surface area contributed by atoms with Crippen LogP contribution in [0.15, 0.2) is 0 Å². The topological polar surface area (TPSA) is 18.5 Å². The molecule has 0 aromatic rings. The Labute approximate surface area is 136 Å². The molecule has 0 N–H and O–H groups in total. The molecule has 1 aliphatic heterocycles. The molecule has 7 atom stereocenters. The van der Waals surface area contributed by atoms with Gasteiger partial charge < -0.3 is 9.47 Å². The number of rotatable bonds is 2. The van der Waals surface area contributed by atoms with Crippen LogP contribution in [0.25, 0.3) is 0 Å². The summed E-state index contributed by atoms with van der Waals surface area (Å²) in [5, 5.41) is 0. The highest BCUT2D eigenvalue weighted by atomic mass is 16.8. The van der Waals surface area contributed by atoms with Crippen molar-refractivity contribution in [3.05, 3.63) is 0 Å². The molecule has 126 valence electrons. The maximum Gasteiger partial charge on any atom is 0.166 e. The molecule has 1 spiro atoms. The largest absolute Gasteiger partial charge is 0.344 e. The second-order valence-corrected chi connectivity index (χ2v) is 9.82. The van der Waals surface area contributed by atoms with Gasteiger partial charge in [0.15, 0.2) is 5.79 Å². The zero-order valence-electron chi connectivity index (χ0n) is 15.4. The van der Waals surface area contributed by atoms with E-state index in [0.29, 0.717) is 22.9 Å². The van der Waals surface area contributed by atoms with Crippen LogP contribution in [0.5, 0.6) is 0 Å². The van der Waals surface area contributed by atoms with Gasteiger partial charge in [-0.05, 0) is 68.1 Å². The van der Waals surface area contributed by atoms with E-state index in [1.54, 1.807) is 0 Å². The fraction of sp³-hybridized carbons (Fsp3) is 1.00. The highest BCUT2D eigenvalue weighted by molar-refractivity contribution is 5.21. The van der Waals surface area contributed by atoms with Crippen LogP contribution in [0.1, 0.15) is 80.1 Å². The molecule has 1 saturated heterocycles. The van der Waals surface area contributed by atoms with Crippen molar-refractivity contribution in [2.75, 3.05) is 0 Å². The molecule has 0 amide bonds. The van der Waals surface area contributed by atoms with Crippen molar-refractivity contribution >= 4 is 0 Å². The van der Waals surface area contributed by atoms with Gasteiger partial charge in [-0.15, -0.1) is 0 Å². The molecule has 3 saturated carbocycles. The minimum atomic E-state index is -0.358. The van der Waals surface area contributed by atoms with E-state index in [4.69, 9.17) is 9.47 Å². The maximum atomic E-state index is 6.72. The Kier molecular flexibility index (Phi) is 3.02. The Morgan fingerprint density at radius 3 is 2.41 bits per heavy atom. The van der Waals surface area contributed by atoms with Crippen LogP contribution in [0, 0.1) is 28.6 Å². The molecule has 2 nitrogen and oxygen atoms in total. The predicted octanol–water partition coefficient (Wildman–Crippen LogP) is 5.16. The van der Waals surface area contributed by atoms with E-state index < -0.39 is 0 Å². The Morgan fingerprint density at radius 1 is 1.00 bits per heavy atom. The van der Waals surface area contributed by atoms with Gasteiger partial charge in [-0.25, -0.2) is 0 Å². The fourth-order valence-corrected chi connectivity index (χ4v) is 7.47. The first-order valence-corrected chi connectivity index (χ1v) is 9.56. The Balaban J connectivity index is 1.75. The summed E-state index contributed by atoms with van der Waals surface area (Å²) in [7, 11) is 0. The summed E-state index contributed by atoms with van der Waals surface area (Å²) >= 11 is 0. The molecule has 2 bridgehead atoms. The number of hydrogen-bond acceptors (Lipinski definition) is 2. The van der Waals surface area contributed by atoms with Crippen molar-refractivity contribution < 1.29 is 9.47 Å². The Morgan fingerprint density at radius 2 is 1.73 bits per heavy atom. The zero-order valence-corrected chi connectivity index (χ0v) is 15.4. The smallest absolute Gasteiger partial charge is 0.166 e. The lowest BCUT2D eigenvalue weighted by molar-refractivity contribution is -0.193. The average Bonchev–Trinajstić information content (AvgIpc) is 2.92. The van der Waals surface area contributed by atoms with Crippen molar-refractivity contribution in [2.24, 2.45) is 28.6 Å². The summed E-state index contributed by atoms with van der Waals surface area (Å²) in [5.74, 6) is 2.01. The van der Waals surface area contributed by atoms with Crippen LogP contribution in [0.3, 0.4) is 0 Å². The summed E-state index contributed by atoms with van der Waals surface area (Å²) < 4.78 is 13.3. The predicted molar refractivity (Wildman–Crippen MR) is 88.5 cm³/mol. The molecule has 4 rings (SSSR count). The fourth-order valence-electron chi connectivity index (χ4n) is 7.47. The van der Waals surface area contributed by atoms with Gasteiger partial charge in [-0.2, -0.15) is 0 Å². The summed E-state index contributed by atoms with van der Waals surface area (Å²) in [6.07, 6.45) is 7.86. The van der Waals surface area contributed by atoms with Crippen molar-refractivity contribution in [1.82, 2.24) is 0 Å². The van der Waals surface area contributed by atoms with Gasteiger partial charge in [0.2, 0.25) is 0 Å². The highest BCUT2D eigenvalue weighted by Crippen LogP contribution is 2.75. The first-order chi connectivity index (χ1) is 10.2. The van der Waals surface area contributed by atoms with Crippen molar-refractivity contribution in [1.29, 1.82) is 0 Å². The molecule has 1 heterocycles. The zero-order chi connectivity index (χ0) is 16.0. The van der Waals surface area contributed by atoms with Crippen LogP contribution in [-0.2, 0) is 9.47 Å². The quantitative estimate of drug-likeness (QED) is 0.701. The first kappa shape index (κ1) is 15.4. The average molecular weight is 306 g/mol. The lowest BCUT2D eigenvalue weighted by Crippen LogP contribution is -2.52. The van der Waals surface area contributed by atoms with Crippen LogP contribution in [0.2, 0.25) is 0 Å². The van der Waals surface area contributed by atoms with Gasteiger partial charge in [0, 0.05) is 6.42 Å². The highest BCUT2D eigenvalue weighted by Gasteiger charge is 2.74. The molecule has 0 aromatic carbocycles. The lowest BCUT2D eigenvalue weighted by Gasteiger charge is -2.47. The van der Waals surface area contributed by atoms with Crippen molar-refractivity contribution in [3.8, 4) is 0 Å². The molecular weight excluding hydrogens is 272 g/mol. The lowest BCUT2D eigenvalue weighted by atomic mass is 9.63. The van der Waals surface area contributed by atoms with Crippen LogP contribution in [0.4, 0.5) is 0 Å². The minimum Gasteiger partial charge on any atom is -0.344 e. The minimum absolute atomic E-state index is 0.0806. The normalized spacial score (nSPS) is 58.6. The SMILES string of the molecule is CCCC1(C)O[C@H]2C[C@@]34C[C@H](C(C)(C)[C@@H]3CC[C@H]4C)[C@@]2(C)O1. The van der Waals surface area contributed by atoms with Crippen molar-refractivity contribution in [3.63, 3.8) is 0 Å². The van der Waals surface area contributed by atoms with E-state index in [0.717, 1.165) is 24.7 Å². The van der Waals surface area contributed by atoms with Gasteiger partial charge in [0.1, 0.15) is 0 Å². The van der Waals surface area contributed by atoms with Crippen molar-refractivity contribution in [2.45, 2.75) is 97.6 Å². The van der Waals surface area contributed by atoms with E-state index in [1.807, 2.05) is 0 Å². The first-order valence-electron chi connectivity index (χ1n) is 9.56. The number of ether oxygens (including phenoxy) is 2. The summed E-state index contributed by atoms with van der Waals surface area (Å²) in [5.41, 5.74) is 0.830. The van der Waals surface area contributed by atoms with Gasteiger partial charge >= 0.3 is 0 Å². The molecule has 3 aliphatic carbocycles. The van der Waals surface area contributed by atoms with E-state index in [2.05, 4.69) is 41.5 Å². The summed E-state index contributed by atoms with van der Waals surface area (Å²) in [6, 6.07) is 0. The van der Waals surface area contributed by atoms with Gasteiger partial charge in [0.25, 0.3) is 0 Å². The van der Waals surface area contributed by atoms with E-state index in [-0.39, 0.29) is 11.4 Å². The van der Waals surface area contributed by atoms with Gasteiger partial charge in [0.05, 0.1) is 11.7 Å². The van der Waals surface area contributed by atoms with Crippen LogP contribution >= 0.6 is 0 Å². The Bertz CT molecular complexity index is 486. The third-order valence-corrected chi connectivity index (χ3v) is 8.37. The van der Waals surface area contributed by atoms with Gasteiger partial charge in [-0.1, -0.05) is 34.1 Å². The van der Waals surface area contributed by atoms with E-state index >= 15 is 0 Å². The summed E-state index contributed by atoms with van der Waals surface area (Å²) in [4.78, 5) is 0. The standard InChI is InChI=1S/C20H34O2/c1-7-10-18(5)21-16-12-20-11-15(19(16,6)22-18)17(3,4)14(20)9-8-13(20)2/h13-16H,7-12H2,1-6H3/t13-,14+,15-,16+,18?,19-,20-/m1/s1. The third-order valence-electron chi connectivity index (χ3n) is 8.37. The summed E-state index contributed by atoms with van der Waals surface area (Å²) in [6.45, 7) is 14.3. The monoisotopic (exact) mass is 306 g/mol. The van der Waals surface area contributed by atoms with Gasteiger partial charge in [-0.3, -0.25) is 0 Å². The number of fused-ring (bicyclic) bond motifs is 3. The third kappa shape index (κ3) is 1.64. The molecule has 1 unspecified atom stereocenters. The molecule has 4 aliphatic rings. The number of hydrogen-bond donors (Lipinski definition) is 0. The second kappa shape index (κ2) is 4.30. The van der Waals surface area contributed by atoms with Crippen LogP contribution < -0.4 is 0 Å². The van der Waals surface area contributed by atoms with E-state index in [1.165, 1.54) is 25.7 Å². The second-order valence-electron chi connectivity index (χ2n) is 9.82. The molecule has 0 radical (unpaired) electrons. The van der Waals surface area contributed by atoms with E-state index in [9.17, 15) is 0 Å². The molecule has 22 heavy (non-hydrogen) atoms.